The molecule has 1 amide bonds. The van der Waals surface area contributed by atoms with Crippen molar-refractivity contribution in [3.8, 4) is 22.9 Å². The Hall–Kier alpha value is -3.24. The van der Waals surface area contributed by atoms with Crippen LogP contribution in [0.25, 0.3) is 16.6 Å². The predicted octanol–water partition coefficient (Wildman–Crippen LogP) is 5.16. The molecule has 0 saturated carbocycles. The van der Waals surface area contributed by atoms with Crippen LogP contribution in [-0.4, -0.2) is 45.7 Å². The zero-order valence-electron chi connectivity index (χ0n) is 18.3. The molecular weight excluding hydrogens is 428 g/mol. The molecule has 0 radical (unpaired) electrons. The first-order valence-corrected chi connectivity index (χ1v) is 10.9. The first-order valence-electron chi connectivity index (χ1n) is 10.5. The first kappa shape index (κ1) is 22.0. The van der Waals surface area contributed by atoms with Gasteiger partial charge in [0.05, 0.1) is 24.4 Å². The molecule has 1 aromatic carbocycles. The summed E-state index contributed by atoms with van der Waals surface area (Å²) >= 11 is 6.64. The number of nitriles is 1. The van der Waals surface area contributed by atoms with Crippen LogP contribution < -0.4 is 4.74 Å². The van der Waals surface area contributed by atoms with Gasteiger partial charge in [-0.05, 0) is 51.0 Å². The number of imidazole rings is 1. The summed E-state index contributed by atoms with van der Waals surface area (Å²) in [4.78, 5) is 18.3. The van der Waals surface area contributed by atoms with Crippen molar-refractivity contribution in [2.24, 2.45) is 5.92 Å². The van der Waals surface area contributed by atoms with Gasteiger partial charge in [0, 0.05) is 24.6 Å². The molecular formula is C24H25ClN4O3. The van der Waals surface area contributed by atoms with Crippen molar-refractivity contribution in [2.75, 3.05) is 19.7 Å². The fraction of sp³-hybridized carbons (Fsp3) is 0.375. The molecule has 1 saturated heterocycles. The molecule has 3 heterocycles. The summed E-state index contributed by atoms with van der Waals surface area (Å²) in [7, 11) is 0. The Morgan fingerprint density at radius 3 is 2.75 bits per heavy atom. The number of ether oxygens (including phenoxy) is 2. The number of rotatable bonds is 4. The summed E-state index contributed by atoms with van der Waals surface area (Å²) < 4.78 is 13.5. The number of hydrogen-bond acceptors (Lipinski definition) is 5. The molecule has 7 nitrogen and oxygen atoms in total. The molecule has 0 spiro atoms. The second kappa shape index (κ2) is 8.71. The van der Waals surface area contributed by atoms with Crippen molar-refractivity contribution in [2.45, 2.75) is 32.8 Å². The van der Waals surface area contributed by atoms with Crippen LogP contribution in [0, 0.1) is 17.2 Å². The molecule has 4 rings (SSSR count). The van der Waals surface area contributed by atoms with Gasteiger partial charge >= 0.3 is 6.09 Å². The molecule has 8 heteroatoms. The van der Waals surface area contributed by atoms with Crippen LogP contribution in [0.1, 0.15) is 32.8 Å². The van der Waals surface area contributed by atoms with Crippen molar-refractivity contribution in [1.82, 2.24) is 14.3 Å². The SMILES string of the molecule is CC(C)(C)OC(=O)N1CC[C@@H](COc2cc(-c3ccc(C#N)cc3)c(Cl)n3cncc23)C1. The van der Waals surface area contributed by atoms with Gasteiger partial charge in [-0.2, -0.15) is 5.26 Å². The summed E-state index contributed by atoms with van der Waals surface area (Å²) in [5.41, 5.74) is 2.52. The van der Waals surface area contributed by atoms with Gasteiger partial charge in [0.2, 0.25) is 0 Å². The minimum absolute atomic E-state index is 0.208. The Bertz CT molecular complexity index is 1170. The highest BCUT2D eigenvalue weighted by atomic mass is 35.5. The highest BCUT2D eigenvalue weighted by Gasteiger charge is 2.30. The van der Waals surface area contributed by atoms with Crippen LogP contribution in [-0.2, 0) is 4.74 Å². The lowest BCUT2D eigenvalue weighted by atomic mass is 10.1. The minimum atomic E-state index is -0.509. The van der Waals surface area contributed by atoms with Gasteiger partial charge in [-0.1, -0.05) is 23.7 Å². The minimum Gasteiger partial charge on any atom is -0.491 e. The van der Waals surface area contributed by atoms with Crippen LogP contribution in [0.5, 0.6) is 5.75 Å². The van der Waals surface area contributed by atoms with Gasteiger partial charge in [-0.3, -0.25) is 4.40 Å². The molecule has 1 aliphatic rings. The standard InChI is InChI=1S/C24H25ClN4O3/c1-24(2,3)32-23(30)28-9-8-17(13-28)14-31-21-10-19(18-6-4-16(11-26)5-7-18)22(25)29-15-27-12-20(21)29/h4-7,10,12,15,17H,8-9,13-14H2,1-3H3/t17-/m1/s1. The Morgan fingerprint density at radius 1 is 1.31 bits per heavy atom. The predicted molar refractivity (Wildman–Crippen MR) is 122 cm³/mol. The lowest BCUT2D eigenvalue weighted by Gasteiger charge is -2.24. The van der Waals surface area contributed by atoms with Crippen LogP contribution in [0.3, 0.4) is 0 Å². The largest absolute Gasteiger partial charge is 0.491 e. The summed E-state index contributed by atoms with van der Waals surface area (Å²) in [5, 5.41) is 9.57. The number of fused-ring (bicyclic) bond motifs is 1. The second-order valence-electron chi connectivity index (χ2n) is 8.94. The highest BCUT2D eigenvalue weighted by Crippen LogP contribution is 2.35. The van der Waals surface area contributed by atoms with E-state index in [4.69, 9.17) is 26.3 Å². The van der Waals surface area contributed by atoms with Crippen LogP contribution in [0.15, 0.2) is 42.9 Å². The maximum Gasteiger partial charge on any atom is 0.410 e. The Labute approximate surface area is 192 Å². The normalized spacial score (nSPS) is 16.2. The lowest BCUT2D eigenvalue weighted by Crippen LogP contribution is -2.35. The average molecular weight is 453 g/mol. The van der Waals surface area contributed by atoms with Gasteiger partial charge in [0.1, 0.15) is 28.3 Å². The number of nitrogens with zero attached hydrogens (tertiary/aromatic N) is 4. The van der Waals surface area contributed by atoms with E-state index in [-0.39, 0.29) is 12.0 Å². The van der Waals surface area contributed by atoms with Gasteiger partial charge in [-0.25, -0.2) is 9.78 Å². The number of hydrogen-bond donors (Lipinski definition) is 0. The molecule has 0 aliphatic carbocycles. The summed E-state index contributed by atoms with van der Waals surface area (Å²) in [5.74, 6) is 0.876. The smallest absolute Gasteiger partial charge is 0.410 e. The maximum absolute atomic E-state index is 12.3. The summed E-state index contributed by atoms with van der Waals surface area (Å²) in [6, 6.07) is 11.3. The fourth-order valence-corrected chi connectivity index (χ4v) is 4.04. The Kier molecular flexibility index (Phi) is 5.98. The number of benzene rings is 1. The van der Waals surface area contributed by atoms with Gasteiger partial charge in [0.25, 0.3) is 0 Å². The molecule has 166 valence electrons. The van der Waals surface area contributed by atoms with E-state index in [0.717, 1.165) is 23.1 Å². The molecule has 32 heavy (non-hydrogen) atoms. The molecule has 1 aliphatic heterocycles. The van der Waals surface area contributed by atoms with Gasteiger partial charge < -0.3 is 14.4 Å². The van der Waals surface area contributed by atoms with E-state index in [1.165, 1.54) is 0 Å². The maximum atomic E-state index is 12.3. The summed E-state index contributed by atoms with van der Waals surface area (Å²) in [6.45, 7) is 7.32. The second-order valence-corrected chi connectivity index (χ2v) is 9.30. The van der Waals surface area contributed by atoms with E-state index in [0.29, 0.717) is 36.2 Å². The third-order valence-corrected chi connectivity index (χ3v) is 5.72. The zero-order chi connectivity index (χ0) is 22.9. The van der Waals surface area contributed by atoms with Crippen molar-refractivity contribution in [3.63, 3.8) is 0 Å². The number of carbonyl (C=O) groups is 1. The van der Waals surface area contributed by atoms with Crippen molar-refractivity contribution >= 4 is 23.2 Å². The molecule has 0 N–H and O–H groups in total. The molecule has 0 unspecified atom stereocenters. The zero-order valence-corrected chi connectivity index (χ0v) is 19.1. The van der Waals surface area contributed by atoms with E-state index in [1.54, 1.807) is 34.0 Å². The topological polar surface area (TPSA) is 79.9 Å². The molecule has 3 aromatic rings. The highest BCUT2D eigenvalue weighted by molar-refractivity contribution is 6.32. The number of halogens is 1. The van der Waals surface area contributed by atoms with Gasteiger partial charge in [-0.15, -0.1) is 0 Å². The number of amides is 1. The van der Waals surface area contributed by atoms with Crippen LogP contribution >= 0.6 is 11.6 Å². The van der Waals surface area contributed by atoms with Crippen molar-refractivity contribution < 1.29 is 14.3 Å². The third-order valence-electron chi connectivity index (χ3n) is 5.34. The molecule has 1 fully saturated rings. The first-order chi connectivity index (χ1) is 15.2. The lowest BCUT2D eigenvalue weighted by molar-refractivity contribution is 0.0285. The molecule has 2 aromatic heterocycles. The fourth-order valence-electron chi connectivity index (χ4n) is 3.74. The number of likely N-dealkylation sites (tertiary alicyclic amines) is 1. The van der Waals surface area contributed by atoms with Crippen LogP contribution in [0.2, 0.25) is 5.15 Å². The van der Waals surface area contributed by atoms with E-state index in [9.17, 15) is 4.79 Å². The summed E-state index contributed by atoms with van der Waals surface area (Å²) in [6.07, 6.45) is 3.93. The number of aromatic nitrogens is 2. The Balaban J connectivity index is 1.51. The van der Waals surface area contributed by atoms with Gasteiger partial charge in [0.15, 0.2) is 0 Å². The van der Waals surface area contributed by atoms with Crippen molar-refractivity contribution in [1.29, 1.82) is 5.26 Å². The average Bonchev–Trinajstić information content (AvgIpc) is 3.43. The van der Waals surface area contributed by atoms with Crippen LogP contribution in [0.4, 0.5) is 4.79 Å². The van der Waals surface area contributed by atoms with E-state index in [1.807, 2.05) is 39.0 Å². The van der Waals surface area contributed by atoms with E-state index >= 15 is 0 Å². The third kappa shape index (κ3) is 4.66. The number of pyridine rings is 1. The Morgan fingerprint density at radius 2 is 2.06 bits per heavy atom. The monoisotopic (exact) mass is 452 g/mol. The number of carbonyl (C=O) groups excluding carboxylic acids is 1. The molecule has 1 atom stereocenters. The van der Waals surface area contributed by atoms with E-state index < -0.39 is 5.60 Å². The quantitative estimate of drug-likeness (QED) is 0.510. The molecule has 0 bridgehead atoms. The van der Waals surface area contributed by atoms with Crippen molar-refractivity contribution in [3.05, 3.63) is 53.6 Å². The van der Waals surface area contributed by atoms with E-state index in [2.05, 4.69) is 11.1 Å².